The van der Waals surface area contributed by atoms with Crippen LogP contribution in [0, 0.1) is 5.41 Å². The quantitative estimate of drug-likeness (QED) is 0.196. The van der Waals surface area contributed by atoms with Crippen LogP contribution in [0.3, 0.4) is 0 Å². The molecular weight excluding hydrogens is 406 g/mol. The van der Waals surface area contributed by atoms with Gasteiger partial charge in [-0.25, -0.2) is 9.59 Å². The Kier molecular flexibility index (Phi) is 6.00. The van der Waals surface area contributed by atoms with Crippen LogP contribution in [0.4, 0.5) is 0 Å². The Hall–Kier alpha value is -4.21. The number of fused-ring (bicyclic) bond motifs is 2. The first-order valence-corrected chi connectivity index (χ1v) is 9.24. The van der Waals surface area contributed by atoms with Crippen LogP contribution >= 0.6 is 0 Å². The largest absolute Gasteiger partial charge is 0.481 e. The van der Waals surface area contributed by atoms with Crippen molar-refractivity contribution in [1.82, 2.24) is 5.32 Å². The number of carbonyl (C=O) groups is 4. The van der Waals surface area contributed by atoms with Crippen LogP contribution < -0.4 is 15.8 Å². The number of hydrogen-bond acceptors (Lipinski definition) is 6. The van der Waals surface area contributed by atoms with E-state index in [1.165, 1.54) is 18.2 Å². The molecule has 1 amide bonds. The van der Waals surface area contributed by atoms with Crippen molar-refractivity contribution in [2.24, 2.45) is 5.73 Å². The van der Waals surface area contributed by atoms with E-state index in [0.29, 0.717) is 28.9 Å². The fourth-order valence-corrected chi connectivity index (χ4v) is 3.33. The lowest BCUT2D eigenvalue weighted by atomic mass is 9.92. The molecule has 31 heavy (non-hydrogen) atoms. The number of carboxylic acids is 2. The predicted molar refractivity (Wildman–Crippen MR) is 107 cm³/mol. The topological polar surface area (TPSA) is 180 Å². The highest BCUT2D eigenvalue weighted by atomic mass is 16.5. The summed E-state index contributed by atoms with van der Waals surface area (Å²) in [6.07, 6.45) is -0.184. The Balaban J connectivity index is 1.95. The molecular formula is C21H19N3O7. The lowest BCUT2D eigenvalue weighted by Crippen LogP contribution is -2.42. The summed E-state index contributed by atoms with van der Waals surface area (Å²) in [5, 5.41) is 27.8. The molecule has 2 aromatic carbocycles. The van der Waals surface area contributed by atoms with Gasteiger partial charge in [-0.15, -0.1) is 0 Å². The zero-order chi connectivity index (χ0) is 22.7. The van der Waals surface area contributed by atoms with Gasteiger partial charge in [-0.1, -0.05) is 6.07 Å². The van der Waals surface area contributed by atoms with Gasteiger partial charge in [0.2, 0.25) is 0 Å². The molecule has 1 heterocycles. The van der Waals surface area contributed by atoms with Gasteiger partial charge in [0.1, 0.15) is 17.6 Å². The summed E-state index contributed by atoms with van der Waals surface area (Å²) in [6, 6.07) is 7.50. The van der Waals surface area contributed by atoms with E-state index < -0.39 is 36.3 Å². The monoisotopic (exact) mass is 425 g/mol. The van der Waals surface area contributed by atoms with Crippen LogP contribution in [0.1, 0.15) is 43.8 Å². The standard InChI is InChI=1S/C21H19N3O7/c22-18(23)11-5-7-16-10(8-11)4-6-12-13(2-1-3-14(12)21(30)31-16)19(27)24-15(20(28)29)9-17(25)26/h1-3,5,7-8,15H,4,6,9H2,(H3,22,23)(H,24,27)(H,25,26)(H,28,29). The fraction of sp³-hybridized carbons (Fsp3) is 0.190. The Morgan fingerprint density at radius 1 is 1.16 bits per heavy atom. The van der Waals surface area contributed by atoms with E-state index in [1.807, 2.05) is 0 Å². The maximum atomic E-state index is 12.7. The first kappa shape index (κ1) is 21.5. The minimum Gasteiger partial charge on any atom is -0.481 e. The SMILES string of the molecule is N=C(N)c1ccc2c(c1)CCc1c(C(=O)NC(CC(=O)O)C(=O)O)cccc1C(=O)O2. The lowest BCUT2D eigenvalue weighted by molar-refractivity contribution is -0.145. The minimum absolute atomic E-state index is 0.0530. The normalized spacial score (nSPS) is 13.5. The number of carbonyl (C=O) groups excluding carboxylic acids is 2. The number of hydrogen-bond donors (Lipinski definition) is 5. The second kappa shape index (κ2) is 8.66. The molecule has 1 aliphatic rings. The summed E-state index contributed by atoms with van der Waals surface area (Å²) in [4.78, 5) is 47.6. The van der Waals surface area contributed by atoms with Crippen LogP contribution in [0.25, 0.3) is 0 Å². The summed E-state index contributed by atoms with van der Waals surface area (Å²) < 4.78 is 5.45. The van der Waals surface area contributed by atoms with E-state index in [0.717, 1.165) is 0 Å². The highest BCUT2D eigenvalue weighted by molar-refractivity contribution is 6.02. The maximum Gasteiger partial charge on any atom is 0.343 e. The average molecular weight is 425 g/mol. The molecule has 160 valence electrons. The molecule has 10 nitrogen and oxygen atoms in total. The molecule has 0 aliphatic carbocycles. The molecule has 0 saturated carbocycles. The molecule has 2 aromatic rings. The van der Waals surface area contributed by atoms with Crippen molar-refractivity contribution in [1.29, 1.82) is 5.41 Å². The molecule has 0 saturated heterocycles. The molecule has 0 bridgehead atoms. The van der Waals surface area contributed by atoms with E-state index in [9.17, 15) is 24.3 Å². The van der Waals surface area contributed by atoms with Gasteiger partial charge in [0.15, 0.2) is 0 Å². The van der Waals surface area contributed by atoms with E-state index in [2.05, 4.69) is 5.32 Å². The molecule has 0 fully saturated rings. The Morgan fingerprint density at radius 3 is 2.55 bits per heavy atom. The highest BCUT2D eigenvalue weighted by Gasteiger charge is 2.27. The minimum atomic E-state index is -1.62. The molecule has 1 unspecified atom stereocenters. The third-order valence-corrected chi connectivity index (χ3v) is 4.84. The third-order valence-electron chi connectivity index (χ3n) is 4.84. The van der Waals surface area contributed by atoms with Gasteiger partial charge in [-0.05, 0) is 54.3 Å². The first-order chi connectivity index (χ1) is 14.7. The number of aryl methyl sites for hydroxylation is 1. The second-order valence-corrected chi connectivity index (χ2v) is 6.92. The van der Waals surface area contributed by atoms with E-state index in [-0.39, 0.29) is 23.4 Å². The van der Waals surface area contributed by atoms with E-state index >= 15 is 0 Å². The Labute approximate surface area is 176 Å². The van der Waals surface area contributed by atoms with Gasteiger partial charge >= 0.3 is 17.9 Å². The van der Waals surface area contributed by atoms with Gasteiger partial charge in [0.05, 0.1) is 12.0 Å². The number of ether oxygens (including phenoxy) is 1. The van der Waals surface area contributed by atoms with Crippen molar-refractivity contribution < 1.29 is 34.1 Å². The molecule has 10 heteroatoms. The number of carboxylic acid groups (broad SMARTS) is 2. The zero-order valence-electron chi connectivity index (χ0n) is 16.2. The molecule has 0 radical (unpaired) electrons. The van der Waals surface area contributed by atoms with Gasteiger partial charge in [0.25, 0.3) is 5.91 Å². The number of aliphatic carboxylic acids is 2. The number of amidine groups is 1. The zero-order valence-corrected chi connectivity index (χ0v) is 16.2. The van der Waals surface area contributed by atoms with Crippen molar-refractivity contribution in [3.05, 3.63) is 64.2 Å². The highest BCUT2D eigenvalue weighted by Crippen LogP contribution is 2.28. The van der Waals surface area contributed by atoms with Crippen LogP contribution in [0.5, 0.6) is 5.75 Å². The Bertz CT molecular complexity index is 1110. The predicted octanol–water partition coefficient (Wildman–Crippen LogP) is 0.946. The van der Waals surface area contributed by atoms with Crippen molar-refractivity contribution in [3.63, 3.8) is 0 Å². The summed E-state index contributed by atoms with van der Waals surface area (Å²) in [6.45, 7) is 0. The maximum absolute atomic E-state index is 12.7. The van der Waals surface area contributed by atoms with Crippen molar-refractivity contribution in [2.45, 2.75) is 25.3 Å². The summed E-state index contributed by atoms with van der Waals surface area (Å²) in [7, 11) is 0. The molecule has 0 aromatic heterocycles. The molecule has 6 N–H and O–H groups in total. The first-order valence-electron chi connectivity index (χ1n) is 9.24. The molecule has 1 atom stereocenters. The third kappa shape index (κ3) is 4.69. The number of rotatable bonds is 6. The molecule has 1 aliphatic heterocycles. The average Bonchev–Trinajstić information content (AvgIpc) is 2.70. The summed E-state index contributed by atoms with van der Waals surface area (Å²) in [5.74, 6) is -4.19. The van der Waals surface area contributed by atoms with Crippen LogP contribution in [0.2, 0.25) is 0 Å². The fourth-order valence-electron chi connectivity index (χ4n) is 3.33. The van der Waals surface area contributed by atoms with Crippen LogP contribution in [-0.4, -0.2) is 45.9 Å². The number of amides is 1. The van der Waals surface area contributed by atoms with Gasteiger partial charge < -0.3 is 26.0 Å². The second-order valence-electron chi connectivity index (χ2n) is 6.92. The molecule has 0 spiro atoms. The number of nitrogen functional groups attached to an aromatic ring is 1. The van der Waals surface area contributed by atoms with Gasteiger partial charge in [-0.2, -0.15) is 0 Å². The number of benzene rings is 2. The van der Waals surface area contributed by atoms with Crippen molar-refractivity contribution in [2.75, 3.05) is 0 Å². The van der Waals surface area contributed by atoms with Gasteiger partial charge in [-0.3, -0.25) is 15.0 Å². The van der Waals surface area contributed by atoms with Gasteiger partial charge in [0, 0.05) is 11.1 Å². The number of nitrogens with one attached hydrogen (secondary N) is 2. The van der Waals surface area contributed by atoms with Crippen molar-refractivity contribution in [3.8, 4) is 5.75 Å². The Morgan fingerprint density at radius 2 is 1.90 bits per heavy atom. The summed E-state index contributed by atoms with van der Waals surface area (Å²) in [5.41, 5.74) is 7.16. The van der Waals surface area contributed by atoms with Crippen LogP contribution in [-0.2, 0) is 22.4 Å². The van der Waals surface area contributed by atoms with E-state index in [1.54, 1.807) is 18.2 Å². The number of esters is 1. The number of nitrogens with two attached hydrogens (primary N) is 1. The van der Waals surface area contributed by atoms with Crippen LogP contribution in [0.15, 0.2) is 36.4 Å². The lowest BCUT2D eigenvalue weighted by Gasteiger charge is -2.20. The molecule has 3 rings (SSSR count). The smallest absolute Gasteiger partial charge is 0.343 e. The van der Waals surface area contributed by atoms with E-state index in [4.69, 9.17) is 21.0 Å². The summed E-state index contributed by atoms with van der Waals surface area (Å²) >= 11 is 0. The van der Waals surface area contributed by atoms with Crippen molar-refractivity contribution >= 4 is 29.7 Å².